The second kappa shape index (κ2) is 13.6. The van der Waals surface area contributed by atoms with Gasteiger partial charge in [0.25, 0.3) is 0 Å². The van der Waals surface area contributed by atoms with Gasteiger partial charge in [-0.3, -0.25) is 4.79 Å². The van der Waals surface area contributed by atoms with Gasteiger partial charge in [0.2, 0.25) is 5.91 Å². The summed E-state index contributed by atoms with van der Waals surface area (Å²) in [6.45, 7) is 1.96. The fraction of sp³-hybridized carbons (Fsp3) is 0.161. The highest BCUT2D eigenvalue weighted by atomic mass is 32.2. The van der Waals surface area contributed by atoms with Gasteiger partial charge in [0, 0.05) is 34.8 Å². The molecular formula is C31H28N6O4S. The normalized spacial score (nSPS) is 10.7. The van der Waals surface area contributed by atoms with Crippen molar-refractivity contribution in [3.8, 4) is 28.1 Å². The molecule has 10 nitrogen and oxygen atoms in total. The van der Waals surface area contributed by atoms with Gasteiger partial charge in [-0.1, -0.05) is 83.7 Å². The zero-order valence-corrected chi connectivity index (χ0v) is 23.9. The third-order valence-electron chi connectivity index (χ3n) is 6.13. The first-order valence-electron chi connectivity index (χ1n) is 13.2. The largest absolute Gasteiger partial charge is 0.497 e. The number of benzene rings is 3. The highest BCUT2D eigenvalue weighted by molar-refractivity contribution is 7.98. The Bertz CT molecular complexity index is 1680. The molecule has 212 valence electrons. The number of thioether (sulfide) groups is 1. The fourth-order valence-electron chi connectivity index (χ4n) is 4.27. The van der Waals surface area contributed by atoms with Gasteiger partial charge in [-0.2, -0.15) is 0 Å². The van der Waals surface area contributed by atoms with Crippen molar-refractivity contribution >= 4 is 29.3 Å². The van der Waals surface area contributed by atoms with E-state index in [1.165, 1.54) is 16.4 Å². The van der Waals surface area contributed by atoms with Crippen LogP contribution in [0, 0.1) is 0 Å². The zero-order valence-electron chi connectivity index (χ0n) is 23.1. The molecule has 3 aromatic carbocycles. The molecule has 0 saturated heterocycles. The Morgan fingerprint density at radius 1 is 0.905 bits per heavy atom. The Labute approximate surface area is 247 Å². The highest BCUT2D eigenvalue weighted by Gasteiger charge is 2.26. The average molecular weight is 581 g/mol. The first kappa shape index (κ1) is 28.5. The number of esters is 1. The van der Waals surface area contributed by atoms with Gasteiger partial charge in [0.05, 0.1) is 19.4 Å². The molecule has 42 heavy (non-hydrogen) atoms. The van der Waals surface area contributed by atoms with E-state index >= 15 is 0 Å². The molecular weight excluding hydrogens is 552 g/mol. The van der Waals surface area contributed by atoms with Crippen LogP contribution in [0.4, 0.5) is 5.69 Å². The summed E-state index contributed by atoms with van der Waals surface area (Å²) in [7, 11) is 1.57. The first-order valence-corrected chi connectivity index (χ1v) is 14.2. The van der Waals surface area contributed by atoms with Crippen LogP contribution in [-0.2, 0) is 21.8 Å². The predicted octanol–water partition coefficient (Wildman–Crippen LogP) is 5.52. The van der Waals surface area contributed by atoms with E-state index in [4.69, 9.17) is 9.47 Å². The van der Waals surface area contributed by atoms with Crippen LogP contribution in [0.1, 0.15) is 23.0 Å². The molecule has 2 heterocycles. The lowest BCUT2D eigenvalue weighted by Crippen LogP contribution is -2.19. The number of nitrogens with one attached hydrogen (secondary N) is 1. The van der Waals surface area contributed by atoms with Crippen molar-refractivity contribution in [1.29, 1.82) is 0 Å². The molecule has 0 aliphatic carbocycles. The number of aromatic nitrogens is 5. The van der Waals surface area contributed by atoms with Crippen LogP contribution in [0.25, 0.3) is 22.4 Å². The quantitative estimate of drug-likeness (QED) is 0.159. The monoisotopic (exact) mass is 580 g/mol. The van der Waals surface area contributed by atoms with Crippen LogP contribution < -0.4 is 10.1 Å². The van der Waals surface area contributed by atoms with Crippen molar-refractivity contribution in [2.24, 2.45) is 0 Å². The Morgan fingerprint density at radius 3 is 2.36 bits per heavy atom. The van der Waals surface area contributed by atoms with E-state index in [2.05, 4.69) is 25.8 Å². The number of amides is 1. The van der Waals surface area contributed by atoms with E-state index in [1.807, 2.05) is 60.7 Å². The molecule has 11 heteroatoms. The van der Waals surface area contributed by atoms with Gasteiger partial charge in [0.15, 0.2) is 0 Å². The summed E-state index contributed by atoms with van der Waals surface area (Å²) < 4.78 is 12.1. The van der Waals surface area contributed by atoms with Crippen LogP contribution in [0.2, 0.25) is 0 Å². The summed E-state index contributed by atoms with van der Waals surface area (Å²) >= 11 is 1.30. The molecule has 2 aromatic heterocycles. The van der Waals surface area contributed by atoms with Crippen LogP contribution in [-0.4, -0.2) is 50.8 Å². The number of anilines is 1. The van der Waals surface area contributed by atoms with Crippen LogP contribution in [0.15, 0.2) is 96.2 Å². The average Bonchev–Trinajstić information content (AvgIpc) is 3.47. The minimum Gasteiger partial charge on any atom is -0.497 e. The van der Waals surface area contributed by atoms with E-state index in [0.717, 1.165) is 11.1 Å². The van der Waals surface area contributed by atoms with Gasteiger partial charge in [-0.05, 0) is 24.6 Å². The van der Waals surface area contributed by atoms with Crippen molar-refractivity contribution in [2.45, 2.75) is 24.2 Å². The first-order chi connectivity index (χ1) is 20.6. The lowest BCUT2D eigenvalue weighted by molar-refractivity contribution is -0.116. The van der Waals surface area contributed by atoms with E-state index in [9.17, 15) is 9.59 Å². The van der Waals surface area contributed by atoms with Crippen molar-refractivity contribution in [3.63, 3.8) is 0 Å². The number of nitrogens with zero attached hydrogens (tertiary/aromatic N) is 5. The van der Waals surface area contributed by atoms with Crippen molar-refractivity contribution in [3.05, 3.63) is 102 Å². The molecule has 0 aliphatic heterocycles. The summed E-state index contributed by atoms with van der Waals surface area (Å²) in [5, 5.41) is 20.5. The molecule has 1 amide bonds. The topological polar surface area (TPSA) is 121 Å². The zero-order chi connectivity index (χ0) is 29.3. The second-order valence-corrected chi connectivity index (χ2v) is 10.00. The van der Waals surface area contributed by atoms with Gasteiger partial charge in [-0.25, -0.2) is 9.48 Å². The van der Waals surface area contributed by atoms with Crippen molar-refractivity contribution in [2.75, 3.05) is 19.0 Å². The van der Waals surface area contributed by atoms with Crippen LogP contribution in [0.5, 0.6) is 5.75 Å². The molecule has 5 rings (SSSR count). The van der Waals surface area contributed by atoms with E-state index in [1.54, 1.807) is 44.5 Å². The number of carbonyl (C=O) groups excluding carboxylic acids is 2. The Hall–Kier alpha value is -5.03. The number of carbonyl (C=O) groups is 2. The molecule has 0 radical (unpaired) electrons. The summed E-state index contributed by atoms with van der Waals surface area (Å²) in [5.74, 6) is 0.248. The highest BCUT2D eigenvalue weighted by Crippen LogP contribution is 2.38. The number of ether oxygens (including phenoxy) is 2. The molecule has 0 spiro atoms. The molecule has 1 N–H and O–H groups in total. The maximum absolute atomic E-state index is 13.4. The molecule has 0 fully saturated rings. The Morgan fingerprint density at radius 2 is 1.64 bits per heavy atom. The minimum absolute atomic E-state index is 0.0211. The number of hydrogen-bond donors (Lipinski definition) is 1. The lowest BCUT2D eigenvalue weighted by Gasteiger charge is -2.16. The van der Waals surface area contributed by atoms with Gasteiger partial charge in [-0.15, -0.1) is 15.3 Å². The van der Waals surface area contributed by atoms with Crippen molar-refractivity contribution < 1.29 is 19.1 Å². The Balaban J connectivity index is 1.39. The third-order valence-corrected chi connectivity index (χ3v) is 7.13. The van der Waals surface area contributed by atoms with Crippen molar-refractivity contribution in [1.82, 2.24) is 25.2 Å². The van der Waals surface area contributed by atoms with Crippen LogP contribution >= 0.6 is 11.8 Å². The summed E-state index contributed by atoms with van der Waals surface area (Å²) in [6.07, 6.45) is 1.69. The maximum atomic E-state index is 13.4. The number of hydrogen-bond acceptors (Lipinski definition) is 9. The molecule has 5 aromatic rings. The smallest absolute Gasteiger partial charge is 0.341 e. The van der Waals surface area contributed by atoms with Gasteiger partial charge < -0.3 is 14.8 Å². The Kier molecular flexibility index (Phi) is 9.20. The predicted molar refractivity (Wildman–Crippen MR) is 160 cm³/mol. The van der Waals surface area contributed by atoms with Gasteiger partial charge >= 0.3 is 5.97 Å². The SMILES string of the molecule is CCOC(=O)c1c(SCc2cn(CC(=O)Nc3cccc(OC)c3)nn2)nnc(-c2ccccc2)c1-c1ccccc1. The van der Waals surface area contributed by atoms with E-state index in [0.29, 0.717) is 44.7 Å². The van der Waals surface area contributed by atoms with E-state index in [-0.39, 0.29) is 19.1 Å². The lowest BCUT2D eigenvalue weighted by atomic mass is 9.96. The molecule has 0 atom stereocenters. The number of rotatable bonds is 11. The molecule has 0 aliphatic rings. The van der Waals surface area contributed by atoms with Gasteiger partial charge in [0.1, 0.15) is 28.6 Å². The fourth-order valence-corrected chi connectivity index (χ4v) is 5.12. The van der Waals surface area contributed by atoms with Crippen LogP contribution in [0.3, 0.4) is 0 Å². The summed E-state index contributed by atoms with van der Waals surface area (Å²) in [5.41, 5.74) is 4.46. The minimum atomic E-state index is -0.483. The summed E-state index contributed by atoms with van der Waals surface area (Å²) in [6, 6.07) is 26.3. The maximum Gasteiger partial charge on any atom is 0.341 e. The standard InChI is InChI=1S/C31H28N6O4S/c1-3-41-31(39)28-27(21-11-6-4-7-12-21)29(22-13-8-5-9-14-22)34-35-30(28)42-20-24-18-37(36-33-24)19-26(38)32-23-15-10-16-25(17-23)40-2/h4-18H,3,19-20H2,1-2H3,(H,32,38). The summed E-state index contributed by atoms with van der Waals surface area (Å²) in [4.78, 5) is 25.9. The molecule has 0 bridgehead atoms. The second-order valence-electron chi connectivity index (χ2n) is 9.03. The molecule has 0 unspecified atom stereocenters. The number of methoxy groups -OCH3 is 1. The van der Waals surface area contributed by atoms with E-state index < -0.39 is 5.97 Å². The third kappa shape index (κ3) is 6.81. The molecule has 0 saturated carbocycles.